The standard InChI is InChI=1S/C21H26N2O4S/c1-5-17(16-11-10-14(2)12-15(16)3)22-21(24)20-13-23(28(4,25)26)18-8-6-7-9-19(18)27-20/h6-12,17,20H,5,13H2,1-4H3,(H,22,24)/t17-,20-/m0/s1. The molecule has 0 spiro atoms. The van der Waals surface area contributed by atoms with Crippen LogP contribution in [-0.4, -0.2) is 33.2 Å². The van der Waals surface area contributed by atoms with Gasteiger partial charge in [0.1, 0.15) is 5.75 Å². The molecule has 0 saturated carbocycles. The van der Waals surface area contributed by atoms with Crippen LogP contribution in [0.4, 0.5) is 5.69 Å². The Balaban J connectivity index is 1.84. The van der Waals surface area contributed by atoms with Gasteiger partial charge in [-0.15, -0.1) is 0 Å². The Labute approximate surface area is 166 Å². The maximum Gasteiger partial charge on any atom is 0.263 e. The molecule has 0 aromatic heterocycles. The first kappa shape index (κ1) is 20.2. The molecule has 1 heterocycles. The van der Waals surface area contributed by atoms with Crippen LogP contribution in [0.3, 0.4) is 0 Å². The Morgan fingerprint density at radius 2 is 1.96 bits per heavy atom. The molecule has 0 bridgehead atoms. The van der Waals surface area contributed by atoms with E-state index in [0.29, 0.717) is 11.4 Å². The summed E-state index contributed by atoms with van der Waals surface area (Å²) < 4.78 is 31.5. The van der Waals surface area contributed by atoms with Crippen LogP contribution in [0.5, 0.6) is 5.75 Å². The van der Waals surface area contributed by atoms with Gasteiger partial charge in [0.15, 0.2) is 6.10 Å². The SMILES string of the molecule is CC[C@H](NC(=O)[C@@H]1CN(S(C)(=O)=O)c2ccccc2O1)c1ccc(C)cc1C. The largest absolute Gasteiger partial charge is 0.476 e. The second-order valence-corrected chi connectivity index (χ2v) is 9.10. The number of ether oxygens (including phenoxy) is 1. The number of fused-ring (bicyclic) bond motifs is 1. The zero-order chi connectivity index (χ0) is 20.5. The summed E-state index contributed by atoms with van der Waals surface area (Å²) in [6, 6.07) is 12.8. The highest BCUT2D eigenvalue weighted by atomic mass is 32.2. The third kappa shape index (κ3) is 4.14. The maximum atomic E-state index is 12.9. The predicted octanol–water partition coefficient (Wildman–Crippen LogP) is 3.10. The fraction of sp³-hybridized carbons (Fsp3) is 0.381. The van der Waals surface area contributed by atoms with Gasteiger partial charge >= 0.3 is 0 Å². The van der Waals surface area contributed by atoms with Gasteiger partial charge in [-0.2, -0.15) is 0 Å². The fourth-order valence-corrected chi connectivity index (χ4v) is 4.45. The first-order chi connectivity index (χ1) is 13.2. The first-order valence-electron chi connectivity index (χ1n) is 9.31. The normalized spacial score (nSPS) is 17.4. The molecule has 1 aliphatic rings. The van der Waals surface area contributed by atoms with Crippen LogP contribution in [0.1, 0.15) is 36.1 Å². The molecule has 2 aromatic carbocycles. The molecule has 150 valence electrons. The molecular weight excluding hydrogens is 376 g/mol. The number of aryl methyl sites for hydroxylation is 2. The van der Waals surface area contributed by atoms with Crippen molar-refractivity contribution in [3.63, 3.8) is 0 Å². The van der Waals surface area contributed by atoms with Crippen molar-refractivity contribution in [2.24, 2.45) is 0 Å². The van der Waals surface area contributed by atoms with E-state index in [1.165, 1.54) is 9.87 Å². The van der Waals surface area contributed by atoms with E-state index in [1.54, 1.807) is 24.3 Å². The van der Waals surface area contributed by atoms with Gasteiger partial charge in [0.25, 0.3) is 5.91 Å². The highest BCUT2D eigenvalue weighted by Gasteiger charge is 2.35. The molecule has 28 heavy (non-hydrogen) atoms. The van der Waals surface area contributed by atoms with E-state index in [0.717, 1.165) is 23.8 Å². The average molecular weight is 403 g/mol. The smallest absolute Gasteiger partial charge is 0.263 e. The summed E-state index contributed by atoms with van der Waals surface area (Å²) in [7, 11) is -3.53. The lowest BCUT2D eigenvalue weighted by atomic mass is 9.97. The fourth-order valence-electron chi connectivity index (χ4n) is 3.53. The number of benzene rings is 2. The molecule has 2 atom stereocenters. The summed E-state index contributed by atoms with van der Waals surface area (Å²) in [6.45, 7) is 6.01. The lowest BCUT2D eigenvalue weighted by Gasteiger charge is -2.34. The third-order valence-electron chi connectivity index (χ3n) is 4.95. The van der Waals surface area contributed by atoms with Gasteiger partial charge in [-0.3, -0.25) is 9.10 Å². The molecular formula is C21H26N2O4S. The molecule has 6 nitrogen and oxygen atoms in total. The molecule has 0 radical (unpaired) electrons. The van der Waals surface area contributed by atoms with E-state index in [1.807, 2.05) is 32.9 Å². The quantitative estimate of drug-likeness (QED) is 0.834. The van der Waals surface area contributed by atoms with Crippen LogP contribution in [0.2, 0.25) is 0 Å². The van der Waals surface area contributed by atoms with E-state index in [2.05, 4.69) is 11.4 Å². The van der Waals surface area contributed by atoms with Crippen molar-refractivity contribution in [2.45, 2.75) is 39.3 Å². The number of sulfonamides is 1. The number of nitrogens with one attached hydrogen (secondary N) is 1. The van der Waals surface area contributed by atoms with Gasteiger partial charge < -0.3 is 10.1 Å². The van der Waals surface area contributed by atoms with Crippen LogP contribution in [0, 0.1) is 13.8 Å². The van der Waals surface area contributed by atoms with Crippen molar-refractivity contribution < 1.29 is 17.9 Å². The number of hydrogen-bond donors (Lipinski definition) is 1. The minimum atomic E-state index is -3.53. The number of carbonyl (C=O) groups is 1. The number of rotatable bonds is 5. The minimum absolute atomic E-state index is 0.0506. The number of carbonyl (C=O) groups excluding carboxylic acids is 1. The molecule has 0 unspecified atom stereocenters. The maximum absolute atomic E-state index is 12.9. The number of anilines is 1. The van der Waals surface area contributed by atoms with E-state index in [4.69, 9.17) is 4.74 Å². The van der Waals surface area contributed by atoms with Crippen molar-refractivity contribution in [1.82, 2.24) is 5.32 Å². The highest BCUT2D eigenvalue weighted by Crippen LogP contribution is 2.34. The number of para-hydroxylation sites is 2. The summed E-state index contributed by atoms with van der Waals surface area (Å²) in [4.78, 5) is 12.9. The summed E-state index contributed by atoms with van der Waals surface area (Å²) in [5.41, 5.74) is 3.78. The second-order valence-electron chi connectivity index (χ2n) is 7.20. The number of hydrogen-bond acceptors (Lipinski definition) is 4. The lowest BCUT2D eigenvalue weighted by molar-refractivity contribution is -0.128. The van der Waals surface area contributed by atoms with E-state index in [-0.39, 0.29) is 18.5 Å². The Morgan fingerprint density at radius 1 is 1.25 bits per heavy atom. The van der Waals surface area contributed by atoms with Crippen molar-refractivity contribution in [1.29, 1.82) is 0 Å². The molecule has 3 rings (SSSR count). The summed E-state index contributed by atoms with van der Waals surface area (Å²) >= 11 is 0. The molecule has 1 amide bonds. The van der Waals surface area contributed by atoms with Gasteiger partial charge in [-0.25, -0.2) is 8.42 Å². The van der Waals surface area contributed by atoms with Crippen LogP contribution in [0.15, 0.2) is 42.5 Å². The second kappa shape index (κ2) is 7.83. The summed E-state index contributed by atoms with van der Waals surface area (Å²) in [6.07, 6.45) is 0.938. The molecule has 0 saturated heterocycles. The molecule has 0 aliphatic carbocycles. The van der Waals surface area contributed by atoms with Gasteiger partial charge in [-0.05, 0) is 43.5 Å². The van der Waals surface area contributed by atoms with E-state index < -0.39 is 16.1 Å². The molecule has 7 heteroatoms. The minimum Gasteiger partial charge on any atom is -0.476 e. The highest BCUT2D eigenvalue weighted by molar-refractivity contribution is 7.92. The summed E-state index contributed by atoms with van der Waals surface area (Å²) in [5.74, 6) is 0.0638. The van der Waals surface area contributed by atoms with E-state index >= 15 is 0 Å². The van der Waals surface area contributed by atoms with Crippen molar-refractivity contribution in [3.05, 3.63) is 59.2 Å². The number of amides is 1. The molecule has 1 aliphatic heterocycles. The Bertz CT molecular complexity index is 988. The van der Waals surface area contributed by atoms with Gasteiger partial charge in [-0.1, -0.05) is 42.8 Å². The van der Waals surface area contributed by atoms with E-state index in [9.17, 15) is 13.2 Å². The van der Waals surface area contributed by atoms with Crippen LogP contribution in [-0.2, 0) is 14.8 Å². The van der Waals surface area contributed by atoms with Crippen molar-refractivity contribution >= 4 is 21.6 Å². The molecule has 2 aromatic rings. The average Bonchev–Trinajstić information content (AvgIpc) is 2.64. The van der Waals surface area contributed by atoms with Crippen LogP contribution < -0.4 is 14.4 Å². The first-order valence-corrected chi connectivity index (χ1v) is 11.2. The molecule has 1 N–H and O–H groups in total. The third-order valence-corrected chi connectivity index (χ3v) is 6.10. The monoisotopic (exact) mass is 402 g/mol. The van der Waals surface area contributed by atoms with Gasteiger partial charge in [0, 0.05) is 0 Å². The van der Waals surface area contributed by atoms with Gasteiger partial charge in [0.05, 0.1) is 24.5 Å². The zero-order valence-electron chi connectivity index (χ0n) is 16.6. The van der Waals surface area contributed by atoms with Crippen LogP contribution in [0.25, 0.3) is 0 Å². The lowest BCUT2D eigenvalue weighted by Crippen LogP contribution is -2.51. The zero-order valence-corrected chi connectivity index (χ0v) is 17.4. The Hall–Kier alpha value is -2.54. The molecule has 0 fully saturated rings. The topological polar surface area (TPSA) is 75.7 Å². The van der Waals surface area contributed by atoms with Crippen molar-refractivity contribution in [3.8, 4) is 5.75 Å². The Morgan fingerprint density at radius 3 is 2.61 bits per heavy atom. The summed E-state index contributed by atoms with van der Waals surface area (Å²) in [5, 5.41) is 3.03. The van der Waals surface area contributed by atoms with Crippen LogP contribution >= 0.6 is 0 Å². The van der Waals surface area contributed by atoms with Crippen molar-refractivity contribution in [2.75, 3.05) is 17.1 Å². The number of nitrogens with zero attached hydrogens (tertiary/aromatic N) is 1. The Kier molecular flexibility index (Phi) is 5.65. The predicted molar refractivity (Wildman–Crippen MR) is 110 cm³/mol. The van der Waals surface area contributed by atoms with Gasteiger partial charge in [0.2, 0.25) is 10.0 Å².